The van der Waals surface area contributed by atoms with Crippen molar-refractivity contribution in [3.63, 3.8) is 0 Å². The Balaban J connectivity index is 1.93. The van der Waals surface area contributed by atoms with Crippen LogP contribution in [0.25, 0.3) is 0 Å². The van der Waals surface area contributed by atoms with E-state index in [2.05, 4.69) is 5.32 Å². The predicted octanol–water partition coefficient (Wildman–Crippen LogP) is 1.33. The van der Waals surface area contributed by atoms with Gasteiger partial charge in [0.15, 0.2) is 0 Å². The molecule has 1 N–H and O–H groups in total. The molecule has 14 heavy (non-hydrogen) atoms. The Morgan fingerprint density at radius 2 is 2.07 bits per heavy atom. The van der Waals surface area contributed by atoms with Gasteiger partial charge in [-0.2, -0.15) is 0 Å². The Hall–Kier alpha value is -0.570. The average molecular weight is 197 g/mol. The van der Waals surface area contributed by atoms with E-state index in [0.29, 0.717) is 12.0 Å². The zero-order valence-electron chi connectivity index (χ0n) is 9.17. The van der Waals surface area contributed by atoms with Gasteiger partial charge >= 0.3 is 5.97 Å². The molecule has 2 bridgehead atoms. The van der Waals surface area contributed by atoms with Crippen LogP contribution in [0.2, 0.25) is 0 Å². The Kier molecular flexibility index (Phi) is 2.30. The van der Waals surface area contributed by atoms with Crippen LogP contribution in [0.4, 0.5) is 0 Å². The van der Waals surface area contributed by atoms with E-state index < -0.39 is 0 Å². The topological polar surface area (TPSA) is 38.3 Å². The van der Waals surface area contributed by atoms with Gasteiger partial charge in [-0.05, 0) is 46.1 Å². The first-order chi connectivity index (χ1) is 6.46. The normalized spacial score (nSPS) is 36.1. The standard InChI is InChI=1S/C11H19NO2/c1-11(2,3)14-10(13)9-5-8-4-7(9)6-12-8/h7-9,12H,4-6H2,1-3H3/t7-,8-,9?/m0/s1. The second-order valence-corrected chi connectivity index (χ2v) is 5.48. The van der Waals surface area contributed by atoms with E-state index in [-0.39, 0.29) is 17.5 Å². The number of hydrogen-bond acceptors (Lipinski definition) is 3. The van der Waals surface area contributed by atoms with Crippen LogP contribution in [0.5, 0.6) is 0 Å². The maximum Gasteiger partial charge on any atom is 0.309 e. The fourth-order valence-corrected chi connectivity index (χ4v) is 2.50. The Bertz CT molecular complexity index is 244. The van der Waals surface area contributed by atoms with E-state index in [1.165, 1.54) is 0 Å². The molecule has 1 saturated carbocycles. The van der Waals surface area contributed by atoms with Crippen molar-refractivity contribution in [2.24, 2.45) is 11.8 Å². The number of esters is 1. The van der Waals surface area contributed by atoms with E-state index >= 15 is 0 Å². The third-order valence-corrected chi connectivity index (χ3v) is 3.07. The molecular formula is C11H19NO2. The van der Waals surface area contributed by atoms with E-state index in [1.54, 1.807) is 0 Å². The summed E-state index contributed by atoms with van der Waals surface area (Å²) in [7, 11) is 0. The predicted molar refractivity (Wildman–Crippen MR) is 53.8 cm³/mol. The highest BCUT2D eigenvalue weighted by Crippen LogP contribution is 2.37. The van der Waals surface area contributed by atoms with Crippen molar-refractivity contribution in [2.45, 2.75) is 45.3 Å². The highest BCUT2D eigenvalue weighted by molar-refractivity contribution is 5.74. The van der Waals surface area contributed by atoms with Gasteiger partial charge in [0.1, 0.15) is 5.60 Å². The third kappa shape index (κ3) is 1.92. The Morgan fingerprint density at radius 3 is 2.50 bits per heavy atom. The molecular weight excluding hydrogens is 178 g/mol. The highest BCUT2D eigenvalue weighted by atomic mass is 16.6. The molecule has 1 heterocycles. The van der Waals surface area contributed by atoms with Crippen molar-refractivity contribution in [1.82, 2.24) is 5.32 Å². The average Bonchev–Trinajstić information content (AvgIpc) is 2.59. The van der Waals surface area contributed by atoms with Crippen LogP contribution in [0.1, 0.15) is 33.6 Å². The molecule has 1 unspecified atom stereocenters. The molecule has 1 aliphatic heterocycles. The van der Waals surface area contributed by atoms with Gasteiger partial charge in [-0.1, -0.05) is 0 Å². The van der Waals surface area contributed by atoms with Crippen LogP contribution in [-0.4, -0.2) is 24.2 Å². The summed E-state index contributed by atoms with van der Waals surface area (Å²) in [5.74, 6) is 0.682. The van der Waals surface area contributed by atoms with Gasteiger partial charge in [0.25, 0.3) is 0 Å². The van der Waals surface area contributed by atoms with Gasteiger partial charge in [-0.15, -0.1) is 0 Å². The van der Waals surface area contributed by atoms with Gasteiger partial charge in [0, 0.05) is 6.04 Å². The fourth-order valence-electron chi connectivity index (χ4n) is 2.50. The van der Waals surface area contributed by atoms with Crippen LogP contribution in [-0.2, 0) is 9.53 Å². The number of piperidine rings is 1. The monoisotopic (exact) mass is 197 g/mol. The number of nitrogens with one attached hydrogen (secondary N) is 1. The lowest BCUT2D eigenvalue weighted by Crippen LogP contribution is -2.37. The van der Waals surface area contributed by atoms with Crippen LogP contribution >= 0.6 is 0 Å². The molecule has 3 atom stereocenters. The van der Waals surface area contributed by atoms with Gasteiger partial charge in [0.05, 0.1) is 5.92 Å². The summed E-state index contributed by atoms with van der Waals surface area (Å²) in [6, 6.07) is 0.567. The largest absolute Gasteiger partial charge is 0.460 e. The fraction of sp³-hybridized carbons (Fsp3) is 0.909. The summed E-state index contributed by atoms with van der Waals surface area (Å²) in [5, 5.41) is 3.40. The van der Waals surface area contributed by atoms with Crippen molar-refractivity contribution in [2.75, 3.05) is 6.54 Å². The lowest BCUT2D eigenvalue weighted by molar-refractivity contribution is -0.161. The second kappa shape index (κ2) is 3.23. The Labute approximate surface area is 85.2 Å². The van der Waals surface area contributed by atoms with Gasteiger partial charge < -0.3 is 10.1 Å². The van der Waals surface area contributed by atoms with Gasteiger partial charge in [0.2, 0.25) is 0 Å². The first-order valence-corrected chi connectivity index (χ1v) is 5.42. The maximum absolute atomic E-state index is 11.8. The minimum Gasteiger partial charge on any atom is -0.460 e. The number of fused-ring (bicyclic) bond motifs is 2. The lowest BCUT2D eigenvalue weighted by Gasteiger charge is -2.26. The third-order valence-electron chi connectivity index (χ3n) is 3.07. The summed E-state index contributed by atoms with van der Waals surface area (Å²) >= 11 is 0. The first-order valence-electron chi connectivity index (χ1n) is 5.42. The minimum atomic E-state index is -0.341. The van der Waals surface area contributed by atoms with Crippen molar-refractivity contribution < 1.29 is 9.53 Å². The molecule has 0 amide bonds. The zero-order valence-corrected chi connectivity index (χ0v) is 9.17. The van der Waals surface area contributed by atoms with Crippen LogP contribution < -0.4 is 5.32 Å². The number of carbonyl (C=O) groups excluding carboxylic acids is 1. The van der Waals surface area contributed by atoms with E-state index in [1.807, 2.05) is 20.8 Å². The zero-order chi connectivity index (χ0) is 10.3. The lowest BCUT2D eigenvalue weighted by atomic mass is 9.95. The quantitative estimate of drug-likeness (QED) is 0.644. The van der Waals surface area contributed by atoms with Crippen LogP contribution in [0.3, 0.4) is 0 Å². The van der Waals surface area contributed by atoms with Crippen LogP contribution in [0.15, 0.2) is 0 Å². The molecule has 0 aromatic heterocycles. The maximum atomic E-state index is 11.8. The molecule has 0 aromatic carbocycles. The van der Waals surface area contributed by atoms with Crippen molar-refractivity contribution in [1.29, 1.82) is 0 Å². The summed E-state index contributed by atoms with van der Waals surface area (Å²) in [5.41, 5.74) is -0.341. The second-order valence-electron chi connectivity index (χ2n) is 5.48. The minimum absolute atomic E-state index is 0.00602. The van der Waals surface area contributed by atoms with Crippen molar-refractivity contribution >= 4 is 5.97 Å². The number of ether oxygens (including phenoxy) is 1. The Morgan fingerprint density at radius 1 is 1.36 bits per heavy atom. The molecule has 2 fully saturated rings. The number of rotatable bonds is 1. The molecule has 1 saturated heterocycles. The van der Waals surface area contributed by atoms with Gasteiger partial charge in [-0.3, -0.25) is 4.79 Å². The number of carbonyl (C=O) groups is 1. The van der Waals surface area contributed by atoms with Crippen LogP contribution in [0, 0.1) is 11.8 Å². The summed E-state index contributed by atoms with van der Waals surface area (Å²) < 4.78 is 5.41. The first kappa shape index (κ1) is 9.97. The molecule has 3 heteroatoms. The molecule has 1 aliphatic carbocycles. The summed E-state index contributed by atoms with van der Waals surface area (Å²) in [6.07, 6.45) is 2.13. The van der Waals surface area contributed by atoms with E-state index in [4.69, 9.17) is 4.74 Å². The summed E-state index contributed by atoms with van der Waals surface area (Å²) in [6.45, 7) is 6.78. The van der Waals surface area contributed by atoms with E-state index in [0.717, 1.165) is 19.4 Å². The molecule has 3 nitrogen and oxygen atoms in total. The smallest absolute Gasteiger partial charge is 0.309 e. The molecule has 0 spiro atoms. The van der Waals surface area contributed by atoms with Crippen molar-refractivity contribution in [3.8, 4) is 0 Å². The molecule has 2 aliphatic rings. The summed E-state index contributed by atoms with van der Waals surface area (Å²) in [4.78, 5) is 11.8. The molecule has 0 aromatic rings. The molecule has 0 radical (unpaired) electrons. The number of hydrogen-bond donors (Lipinski definition) is 1. The SMILES string of the molecule is CC(C)(C)OC(=O)C1C[C@@H]2C[C@H]1CN2. The highest BCUT2D eigenvalue weighted by Gasteiger charge is 2.44. The van der Waals surface area contributed by atoms with Crippen molar-refractivity contribution in [3.05, 3.63) is 0 Å². The molecule has 80 valence electrons. The van der Waals surface area contributed by atoms with E-state index in [9.17, 15) is 4.79 Å². The van der Waals surface area contributed by atoms with Gasteiger partial charge in [-0.25, -0.2) is 0 Å². The molecule has 2 rings (SSSR count).